The van der Waals surface area contributed by atoms with Crippen LogP contribution in [0.1, 0.15) is 95.4 Å². The van der Waals surface area contributed by atoms with Gasteiger partial charge in [-0.3, -0.25) is 0 Å². The van der Waals surface area contributed by atoms with Crippen molar-refractivity contribution in [3.8, 4) is 22.8 Å². The van der Waals surface area contributed by atoms with Crippen LogP contribution in [0.5, 0.6) is 11.5 Å². The Labute approximate surface area is 229 Å². The zero-order valence-corrected chi connectivity index (χ0v) is 24.7. The first kappa shape index (κ1) is 25.4. The molecule has 0 amide bonds. The Morgan fingerprint density at radius 2 is 1.58 bits per heavy atom. The number of benzene rings is 3. The Morgan fingerprint density at radius 3 is 2.26 bits per heavy atom. The average Bonchev–Trinajstić information content (AvgIpc) is 3.36. The van der Waals surface area contributed by atoms with Crippen LogP contribution in [0, 0.1) is 17.8 Å². The maximum absolute atomic E-state index is 7.04. The van der Waals surface area contributed by atoms with Gasteiger partial charge >= 0.3 is 0 Å². The zero-order valence-electron chi connectivity index (χ0n) is 24.7. The highest BCUT2D eigenvalue weighted by molar-refractivity contribution is 6.06. The molecule has 1 aliphatic carbocycles. The van der Waals surface area contributed by atoms with Crippen molar-refractivity contribution in [2.75, 3.05) is 0 Å². The van der Waals surface area contributed by atoms with E-state index in [4.69, 9.17) is 4.74 Å². The summed E-state index contributed by atoms with van der Waals surface area (Å²) < 4.78 is 9.36. The Hall–Kier alpha value is -2.87. The second-order valence-corrected chi connectivity index (χ2v) is 14.5. The van der Waals surface area contributed by atoms with Crippen molar-refractivity contribution in [2.45, 2.75) is 92.9 Å². The summed E-state index contributed by atoms with van der Waals surface area (Å²) in [5.74, 6) is 2.79. The van der Waals surface area contributed by atoms with E-state index in [1.807, 2.05) is 0 Å². The number of aromatic nitrogens is 1. The lowest BCUT2D eigenvalue weighted by molar-refractivity contribution is -0.659. The molecule has 2 heteroatoms. The fourth-order valence-corrected chi connectivity index (χ4v) is 7.06. The van der Waals surface area contributed by atoms with Gasteiger partial charge in [0.2, 0.25) is 5.69 Å². The summed E-state index contributed by atoms with van der Waals surface area (Å²) in [6.07, 6.45) is 9.61. The molecule has 0 saturated heterocycles. The van der Waals surface area contributed by atoms with Gasteiger partial charge in [-0.25, -0.2) is 4.57 Å². The van der Waals surface area contributed by atoms with Crippen LogP contribution in [0.15, 0.2) is 42.6 Å². The molecule has 3 aromatic carbocycles. The van der Waals surface area contributed by atoms with Gasteiger partial charge in [0.25, 0.3) is 0 Å². The molecule has 1 aliphatic heterocycles. The molecule has 198 valence electrons. The van der Waals surface area contributed by atoms with Gasteiger partial charge in [-0.2, -0.15) is 0 Å². The molecule has 1 aromatic heterocycles. The van der Waals surface area contributed by atoms with Gasteiger partial charge in [0.05, 0.1) is 10.9 Å². The van der Waals surface area contributed by atoms with E-state index in [-0.39, 0.29) is 10.8 Å². The monoisotopic (exact) mass is 506 g/mol. The fourth-order valence-electron chi connectivity index (χ4n) is 7.06. The summed E-state index contributed by atoms with van der Waals surface area (Å²) in [4.78, 5) is 0. The standard InChI is InChI=1S/C36H44NO/c1-22-28-19-25(24-11-9-10-12-24)13-14-27(28)29(21-36(5,6)7)34-31(22)33-32-26(15-16-37(33)8)17-23(18-30(32)38-34)20-35(2,3)4/h13-19,24H,9-12,20-21H2,1-8H3/q+1. The molecule has 0 spiro atoms. The number of nitrogens with zero attached hydrogens (tertiary/aromatic N) is 1. The molecule has 2 heterocycles. The van der Waals surface area contributed by atoms with Crippen molar-refractivity contribution in [1.29, 1.82) is 0 Å². The van der Waals surface area contributed by atoms with Crippen LogP contribution in [0.25, 0.3) is 32.8 Å². The van der Waals surface area contributed by atoms with Gasteiger partial charge in [-0.15, -0.1) is 0 Å². The molecule has 0 unspecified atom stereocenters. The highest BCUT2D eigenvalue weighted by Gasteiger charge is 2.34. The van der Waals surface area contributed by atoms with E-state index < -0.39 is 0 Å². The largest absolute Gasteiger partial charge is 0.455 e. The zero-order chi connectivity index (χ0) is 27.0. The third-order valence-electron chi connectivity index (χ3n) is 8.63. The van der Waals surface area contributed by atoms with Crippen molar-refractivity contribution >= 4 is 21.5 Å². The molecule has 2 aliphatic rings. The van der Waals surface area contributed by atoms with Crippen molar-refractivity contribution in [3.05, 3.63) is 64.8 Å². The summed E-state index contributed by atoms with van der Waals surface area (Å²) in [7, 11) is 2.19. The van der Waals surface area contributed by atoms with Crippen LogP contribution in [-0.2, 0) is 19.9 Å². The van der Waals surface area contributed by atoms with Crippen molar-refractivity contribution in [1.82, 2.24) is 0 Å². The van der Waals surface area contributed by atoms with Crippen LogP contribution >= 0.6 is 0 Å². The van der Waals surface area contributed by atoms with E-state index in [0.29, 0.717) is 5.92 Å². The lowest BCUT2D eigenvalue weighted by atomic mass is 9.80. The molecule has 2 nitrogen and oxygen atoms in total. The molecule has 4 aromatic rings. The predicted molar refractivity (Wildman–Crippen MR) is 160 cm³/mol. The van der Waals surface area contributed by atoms with Gasteiger partial charge in [-0.1, -0.05) is 78.6 Å². The molecule has 0 atom stereocenters. The molecular formula is C36H44NO+. The Morgan fingerprint density at radius 1 is 0.868 bits per heavy atom. The highest BCUT2D eigenvalue weighted by Crippen LogP contribution is 2.52. The van der Waals surface area contributed by atoms with E-state index in [9.17, 15) is 0 Å². The third kappa shape index (κ3) is 4.40. The van der Waals surface area contributed by atoms with Crippen molar-refractivity contribution in [2.24, 2.45) is 17.9 Å². The number of ether oxygens (including phenoxy) is 1. The first-order valence-electron chi connectivity index (χ1n) is 14.6. The maximum Gasteiger partial charge on any atom is 0.228 e. The normalized spacial score (nSPS) is 15.8. The van der Waals surface area contributed by atoms with Gasteiger partial charge in [0.1, 0.15) is 18.5 Å². The lowest BCUT2D eigenvalue weighted by Crippen LogP contribution is -2.32. The number of aryl methyl sites for hydroxylation is 2. The number of fused-ring (bicyclic) bond motifs is 3. The number of rotatable bonds is 3. The van der Waals surface area contributed by atoms with Crippen LogP contribution in [0.2, 0.25) is 0 Å². The Bertz CT molecular complexity index is 1570. The molecule has 38 heavy (non-hydrogen) atoms. The SMILES string of the molecule is Cc1c2c(c(CC(C)(C)C)c3ccc(C4CCCC4)cc13)Oc1cc(CC(C)(C)C)cc3cc[n+](C)c-2c13. The summed E-state index contributed by atoms with van der Waals surface area (Å²) >= 11 is 0. The van der Waals surface area contributed by atoms with E-state index in [1.54, 1.807) is 0 Å². The van der Waals surface area contributed by atoms with Gasteiger partial charge in [0.15, 0.2) is 6.20 Å². The Balaban J connectivity index is 1.67. The van der Waals surface area contributed by atoms with Gasteiger partial charge in [0, 0.05) is 11.6 Å². The lowest BCUT2D eigenvalue weighted by Gasteiger charge is -2.29. The predicted octanol–water partition coefficient (Wildman–Crippen LogP) is 9.73. The van der Waals surface area contributed by atoms with Crippen LogP contribution < -0.4 is 9.30 Å². The number of hydrogen-bond acceptors (Lipinski definition) is 1. The minimum absolute atomic E-state index is 0.145. The molecule has 0 N–H and O–H groups in total. The van der Waals surface area contributed by atoms with E-state index >= 15 is 0 Å². The molecule has 1 fully saturated rings. The average molecular weight is 507 g/mol. The second kappa shape index (κ2) is 8.83. The fraction of sp³-hybridized carbons (Fsp3) is 0.472. The van der Waals surface area contributed by atoms with Crippen LogP contribution in [0.3, 0.4) is 0 Å². The molecule has 6 rings (SSSR count). The van der Waals surface area contributed by atoms with E-state index in [0.717, 1.165) is 24.3 Å². The van der Waals surface area contributed by atoms with Crippen LogP contribution in [-0.4, -0.2) is 0 Å². The topological polar surface area (TPSA) is 13.1 Å². The maximum atomic E-state index is 7.04. The smallest absolute Gasteiger partial charge is 0.228 e. The summed E-state index contributed by atoms with van der Waals surface area (Å²) in [5.41, 5.74) is 8.51. The van der Waals surface area contributed by atoms with Crippen molar-refractivity contribution in [3.63, 3.8) is 0 Å². The minimum Gasteiger partial charge on any atom is -0.455 e. The second-order valence-electron chi connectivity index (χ2n) is 14.5. The number of hydrogen-bond donors (Lipinski definition) is 0. The number of pyridine rings is 1. The van der Waals surface area contributed by atoms with E-state index in [1.165, 1.54) is 80.7 Å². The summed E-state index contributed by atoms with van der Waals surface area (Å²) in [5, 5.41) is 5.29. The van der Waals surface area contributed by atoms with Gasteiger partial charge < -0.3 is 4.74 Å². The minimum atomic E-state index is 0.145. The molecule has 1 saturated carbocycles. The van der Waals surface area contributed by atoms with Crippen LogP contribution in [0.4, 0.5) is 0 Å². The molecule has 0 radical (unpaired) electrons. The Kier molecular flexibility index (Phi) is 5.91. The molecule has 0 bridgehead atoms. The van der Waals surface area contributed by atoms with E-state index in [2.05, 4.69) is 103 Å². The molecular weight excluding hydrogens is 462 g/mol. The van der Waals surface area contributed by atoms with Crippen molar-refractivity contribution < 1.29 is 9.30 Å². The first-order valence-corrected chi connectivity index (χ1v) is 14.6. The highest BCUT2D eigenvalue weighted by atomic mass is 16.5. The third-order valence-corrected chi connectivity index (χ3v) is 8.63. The quantitative estimate of drug-likeness (QED) is 0.222. The summed E-state index contributed by atoms with van der Waals surface area (Å²) in [6, 6.07) is 14.3. The first-order chi connectivity index (χ1) is 17.9. The van der Waals surface area contributed by atoms with Gasteiger partial charge in [-0.05, 0) is 88.3 Å². The summed E-state index contributed by atoms with van der Waals surface area (Å²) in [6.45, 7) is 16.3.